The molecule has 4 rings (SSSR count). The molecule has 4 heteroatoms. The molecule has 2 aliphatic rings. The fourth-order valence-corrected chi connectivity index (χ4v) is 4.21. The second kappa shape index (κ2) is 5.96. The third-order valence-corrected chi connectivity index (χ3v) is 5.48. The average Bonchev–Trinajstić information content (AvgIpc) is 3.11. The number of fused-ring (bicyclic) bond motifs is 3. The van der Waals surface area contributed by atoms with Crippen molar-refractivity contribution in [1.29, 1.82) is 0 Å². The topological polar surface area (TPSA) is 58.6 Å². The maximum atomic E-state index is 11.5. The Morgan fingerprint density at radius 1 is 1.28 bits per heavy atom. The van der Waals surface area contributed by atoms with Crippen molar-refractivity contribution in [1.82, 2.24) is 0 Å². The molecule has 1 aliphatic carbocycles. The molecule has 0 unspecified atom stereocenters. The van der Waals surface area contributed by atoms with Crippen LogP contribution >= 0.6 is 0 Å². The highest BCUT2D eigenvalue weighted by molar-refractivity contribution is 5.92. The van der Waals surface area contributed by atoms with Gasteiger partial charge >= 0.3 is 5.97 Å². The van der Waals surface area contributed by atoms with Crippen LogP contribution in [0.2, 0.25) is 0 Å². The molecule has 2 aromatic carbocycles. The first-order valence-electron chi connectivity index (χ1n) is 8.54. The summed E-state index contributed by atoms with van der Waals surface area (Å²) in [6.45, 7) is 1.89. The summed E-state index contributed by atoms with van der Waals surface area (Å²) in [4.78, 5) is 11.5. The molecule has 0 spiro atoms. The lowest BCUT2D eigenvalue weighted by Gasteiger charge is -2.38. The van der Waals surface area contributed by atoms with Crippen molar-refractivity contribution >= 4 is 11.7 Å². The Balaban J connectivity index is 1.83. The number of carboxylic acid groups (broad SMARTS) is 1. The van der Waals surface area contributed by atoms with E-state index in [2.05, 4.69) is 29.6 Å². The summed E-state index contributed by atoms with van der Waals surface area (Å²) in [5.74, 6) is 0.691. The van der Waals surface area contributed by atoms with Crippen molar-refractivity contribution in [2.24, 2.45) is 5.92 Å². The van der Waals surface area contributed by atoms with Crippen LogP contribution in [0.4, 0.5) is 5.69 Å². The standard InChI is InChI=1S/C21H21NO3/c1-12-15(21(23)24)9-10-18-16-7-4-8-17(16)20(22-19(12)18)13-5-3-6-14(11-13)25-2/h3-7,9-11,16-17,20,22H,8H2,1-2H3,(H,23,24)/t16-,17+,20+/m0/s1. The highest BCUT2D eigenvalue weighted by Gasteiger charge is 2.39. The Morgan fingerprint density at radius 2 is 2.12 bits per heavy atom. The van der Waals surface area contributed by atoms with E-state index in [0.717, 1.165) is 23.4 Å². The number of carboxylic acids is 1. The lowest BCUT2D eigenvalue weighted by atomic mass is 9.76. The van der Waals surface area contributed by atoms with Crippen LogP contribution in [-0.2, 0) is 0 Å². The van der Waals surface area contributed by atoms with Crippen LogP contribution in [-0.4, -0.2) is 18.2 Å². The predicted octanol–water partition coefficient (Wildman–Crippen LogP) is 4.53. The number of hydrogen-bond donors (Lipinski definition) is 2. The minimum Gasteiger partial charge on any atom is -0.497 e. The molecular formula is C21H21NO3. The van der Waals surface area contributed by atoms with Crippen molar-refractivity contribution in [3.8, 4) is 5.75 Å². The third kappa shape index (κ3) is 2.49. The molecule has 0 bridgehead atoms. The Labute approximate surface area is 147 Å². The number of hydrogen-bond acceptors (Lipinski definition) is 3. The van der Waals surface area contributed by atoms with Gasteiger partial charge in [-0.25, -0.2) is 4.79 Å². The minimum atomic E-state index is -0.885. The molecule has 2 aromatic rings. The first-order valence-corrected chi connectivity index (χ1v) is 8.54. The first kappa shape index (κ1) is 15.8. The largest absolute Gasteiger partial charge is 0.497 e. The van der Waals surface area contributed by atoms with Crippen LogP contribution in [0.25, 0.3) is 0 Å². The molecule has 2 N–H and O–H groups in total. The zero-order chi connectivity index (χ0) is 17.6. The van der Waals surface area contributed by atoms with Crippen molar-refractivity contribution in [2.45, 2.75) is 25.3 Å². The van der Waals surface area contributed by atoms with Crippen molar-refractivity contribution < 1.29 is 14.6 Å². The normalized spacial score (nSPS) is 23.5. The predicted molar refractivity (Wildman–Crippen MR) is 97.5 cm³/mol. The van der Waals surface area contributed by atoms with Gasteiger partial charge in [0.1, 0.15) is 5.75 Å². The fraction of sp³-hybridized carbons (Fsp3) is 0.286. The molecule has 0 fully saturated rings. The van der Waals surface area contributed by atoms with Crippen LogP contribution in [0.1, 0.15) is 45.4 Å². The lowest BCUT2D eigenvalue weighted by Crippen LogP contribution is -2.30. The summed E-state index contributed by atoms with van der Waals surface area (Å²) in [5, 5.41) is 13.1. The number of benzene rings is 2. The molecular weight excluding hydrogens is 314 g/mol. The van der Waals surface area contributed by atoms with E-state index >= 15 is 0 Å². The Morgan fingerprint density at radius 3 is 2.88 bits per heavy atom. The molecule has 0 radical (unpaired) electrons. The Kier molecular flexibility index (Phi) is 3.75. The van der Waals surface area contributed by atoms with E-state index in [1.807, 2.05) is 25.1 Å². The van der Waals surface area contributed by atoms with Gasteiger partial charge in [-0.1, -0.05) is 30.4 Å². The number of rotatable bonds is 3. The van der Waals surface area contributed by atoms with E-state index in [4.69, 9.17) is 4.74 Å². The summed E-state index contributed by atoms with van der Waals surface area (Å²) in [7, 11) is 1.67. The van der Waals surface area contributed by atoms with E-state index in [9.17, 15) is 9.90 Å². The zero-order valence-electron chi connectivity index (χ0n) is 14.3. The minimum absolute atomic E-state index is 0.130. The van der Waals surface area contributed by atoms with E-state index in [-0.39, 0.29) is 6.04 Å². The number of methoxy groups -OCH3 is 1. The summed E-state index contributed by atoms with van der Waals surface area (Å²) >= 11 is 0. The van der Waals surface area contributed by atoms with Gasteiger partial charge in [-0.2, -0.15) is 0 Å². The second-order valence-corrected chi connectivity index (χ2v) is 6.76. The third-order valence-electron chi connectivity index (χ3n) is 5.48. The lowest BCUT2D eigenvalue weighted by molar-refractivity contribution is 0.0696. The van der Waals surface area contributed by atoms with Crippen LogP contribution in [0.15, 0.2) is 48.6 Å². The number of allylic oxidation sites excluding steroid dienone is 2. The number of ether oxygens (including phenoxy) is 1. The van der Waals surface area contributed by atoms with Crippen molar-refractivity contribution in [3.63, 3.8) is 0 Å². The van der Waals surface area contributed by atoms with Gasteiger partial charge in [0, 0.05) is 11.6 Å². The molecule has 0 aromatic heterocycles. The van der Waals surface area contributed by atoms with Crippen LogP contribution < -0.4 is 10.1 Å². The zero-order valence-corrected chi connectivity index (χ0v) is 14.3. The van der Waals surface area contributed by atoms with Crippen molar-refractivity contribution in [3.05, 3.63) is 70.8 Å². The van der Waals surface area contributed by atoms with Gasteiger partial charge in [0.15, 0.2) is 0 Å². The van der Waals surface area contributed by atoms with Gasteiger partial charge in [-0.05, 0) is 54.2 Å². The highest BCUT2D eigenvalue weighted by Crippen LogP contribution is 2.51. The smallest absolute Gasteiger partial charge is 0.336 e. The molecule has 4 nitrogen and oxygen atoms in total. The number of aromatic carboxylic acids is 1. The van der Waals surface area contributed by atoms with Gasteiger partial charge in [0.25, 0.3) is 0 Å². The second-order valence-electron chi connectivity index (χ2n) is 6.76. The van der Waals surface area contributed by atoms with Crippen LogP contribution in [0.3, 0.4) is 0 Å². The van der Waals surface area contributed by atoms with E-state index in [0.29, 0.717) is 17.4 Å². The maximum Gasteiger partial charge on any atom is 0.336 e. The van der Waals surface area contributed by atoms with Crippen LogP contribution in [0.5, 0.6) is 5.75 Å². The fourth-order valence-electron chi connectivity index (χ4n) is 4.21. The summed E-state index contributed by atoms with van der Waals surface area (Å²) in [6, 6.07) is 11.9. The molecule has 1 heterocycles. The maximum absolute atomic E-state index is 11.5. The molecule has 25 heavy (non-hydrogen) atoms. The highest BCUT2D eigenvalue weighted by atomic mass is 16.5. The van der Waals surface area contributed by atoms with Gasteiger partial charge in [0.2, 0.25) is 0 Å². The molecule has 128 valence electrons. The molecule has 0 saturated heterocycles. The first-order chi connectivity index (χ1) is 12.1. The Bertz CT molecular complexity index is 871. The summed E-state index contributed by atoms with van der Waals surface area (Å²) in [5.41, 5.74) is 4.48. The Hall–Kier alpha value is -2.75. The quantitative estimate of drug-likeness (QED) is 0.809. The number of carbonyl (C=O) groups is 1. The molecule has 0 amide bonds. The van der Waals surface area contributed by atoms with Gasteiger partial charge < -0.3 is 15.2 Å². The van der Waals surface area contributed by atoms with E-state index in [1.165, 1.54) is 11.1 Å². The molecule has 0 saturated carbocycles. The summed E-state index contributed by atoms with van der Waals surface area (Å²) in [6.07, 6.45) is 5.51. The van der Waals surface area contributed by atoms with E-state index in [1.54, 1.807) is 13.2 Å². The van der Waals surface area contributed by atoms with Crippen LogP contribution in [0, 0.1) is 12.8 Å². The summed E-state index contributed by atoms with van der Waals surface area (Å²) < 4.78 is 5.38. The van der Waals surface area contributed by atoms with Gasteiger partial charge in [0.05, 0.1) is 18.7 Å². The van der Waals surface area contributed by atoms with Gasteiger partial charge in [-0.15, -0.1) is 0 Å². The van der Waals surface area contributed by atoms with Gasteiger partial charge in [-0.3, -0.25) is 0 Å². The SMILES string of the molecule is COc1cccc([C@H]2Nc3c(ccc(C(=O)O)c3C)[C@H]3C=CC[C@H]32)c1. The van der Waals surface area contributed by atoms with E-state index < -0.39 is 5.97 Å². The molecule has 1 aliphatic heterocycles. The average molecular weight is 335 g/mol. The number of nitrogens with one attached hydrogen (secondary N) is 1. The monoisotopic (exact) mass is 335 g/mol. The van der Waals surface area contributed by atoms with Crippen molar-refractivity contribution in [2.75, 3.05) is 12.4 Å². The molecule has 3 atom stereocenters. The number of anilines is 1.